The Balaban J connectivity index is 1.57. The van der Waals surface area contributed by atoms with Gasteiger partial charge < -0.3 is 9.47 Å². The normalized spacial score (nSPS) is 21.4. The first kappa shape index (κ1) is 15.9. The molecule has 3 aliphatic rings. The molecule has 0 bridgehead atoms. The molecule has 1 atom stereocenters. The molecule has 0 N–H and O–H groups in total. The van der Waals surface area contributed by atoms with E-state index in [2.05, 4.69) is 10.1 Å². The lowest BCUT2D eigenvalue weighted by atomic mass is 9.99. The van der Waals surface area contributed by atoms with Gasteiger partial charge in [0.05, 0.1) is 11.6 Å². The van der Waals surface area contributed by atoms with E-state index in [-0.39, 0.29) is 18.7 Å². The van der Waals surface area contributed by atoms with Gasteiger partial charge in [0.1, 0.15) is 5.15 Å². The molecule has 2 aliphatic heterocycles. The number of pyridine rings is 1. The predicted octanol–water partition coefficient (Wildman–Crippen LogP) is 4.07. The number of hydrogen-bond acceptors (Lipinski definition) is 5. The summed E-state index contributed by atoms with van der Waals surface area (Å²) in [6, 6.07) is 5.56. The molecule has 5 rings (SSSR count). The zero-order chi connectivity index (χ0) is 17.8. The lowest BCUT2D eigenvalue weighted by Gasteiger charge is -2.22. The fourth-order valence-corrected chi connectivity index (χ4v) is 3.89. The van der Waals surface area contributed by atoms with Gasteiger partial charge in [0, 0.05) is 35.6 Å². The van der Waals surface area contributed by atoms with E-state index in [1.165, 1.54) is 0 Å². The van der Waals surface area contributed by atoms with E-state index in [4.69, 9.17) is 21.1 Å². The number of amides is 1. The predicted molar refractivity (Wildman–Crippen MR) is 97.5 cm³/mol. The maximum absolute atomic E-state index is 12.4. The number of hydrazone groups is 1. The number of carbonyl (C=O) groups is 1. The van der Waals surface area contributed by atoms with Gasteiger partial charge in [-0.15, -0.1) is 0 Å². The van der Waals surface area contributed by atoms with Crippen LogP contribution in [0.5, 0.6) is 11.5 Å². The van der Waals surface area contributed by atoms with Crippen molar-refractivity contribution < 1.29 is 14.3 Å². The van der Waals surface area contributed by atoms with Gasteiger partial charge in [-0.3, -0.25) is 4.79 Å². The number of carbonyl (C=O) groups excluding carboxylic acids is 1. The number of ether oxygens (including phenoxy) is 2. The molecule has 1 saturated carbocycles. The summed E-state index contributed by atoms with van der Waals surface area (Å²) in [6.45, 7) is 2.07. The largest absolute Gasteiger partial charge is 0.454 e. The zero-order valence-corrected chi connectivity index (χ0v) is 15.1. The number of halogens is 1. The first-order chi connectivity index (χ1) is 12.6. The van der Waals surface area contributed by atoms with Crippen molar-refractivity contribution in [3.8, 4) is 11.5 Å². The van der Waals surface area contributed by atoms with Crippen LogP contribution in [0.25, 0.3) is 10.9 Å². The molecule has 0 spiro atoms. The Morgan fingerprint density at radius 1 is 1.27 bits per heavy atom. The maximum Gasteiger partial charge on any atom is 0.242 e. The van der Waals surface area contributed by atoms with Crippen LogP contribution in [0.3, 0.4) is 0 Å². The molecule has 6 nitrogen and oxygen atoms in total. The highest BCUT2D eigenvalue weighted by Crippen LogP contribution is 2.43. The van der Waals surface area contributed by atoms with Gasteiger partial charge in [0.2, 0.25) is 12.7 Å². The van der Waals surface area contributed by atoms with E-state index >= 15 is 0 Å². The molecular weight excluding hydrogens is 354 g/mol. The second-order valence-electron chi connectivity index (χ2n) is 6.94. The van der Waals surface area contributed by atoms with Crippen molar-refractivity contribution in [2.24, 2.45) is 11.0 Å². The molecule has 0 saturated heterocycles. The Hall–Kier alpha value is -2.34. The summed E-state index contributed by atoms with van der Waals surface area (Å²) in [5.74, 6) is 1.91. The average molecular weight is 372 g/mol. The molecular formula is C19H18ClN3O3. The topological polar surface area (TPSA) is 64.0 Å². The van der Waals surface area contributed by atoms with Crippen LogP contribution < -0.4 is 9.47 Å². The number of fused-ring (bicyclic) bond motifs is 2. The van der Waals surface area contributed by atoms with Crippen molar-refractivity contribution in [1.29, 1.82) is 0 Å². The lowest BCUT2D eigenvalue weighted by Crippen LogP contribution is -2.26. The molecule has 134 valence electrons. The zero-order valence-electron chi connectivity index (χ0n) is 14.4. The van der Waals surface area contributed by atoms with Crippen LogP contribution >= 0.6 is 11.6 Å². The van der Waals surface area contributed by atoms with Crippen molar-refractivity contribution >= 4 is 34.1 Å². The summed E-state index contributed by atoms with van der Waals surface area (Å²) in [7, 11) is 0. The molecule has 1 aromatic heterocycles. The fraction of sp³-hybridized carbons (Fsp3) is 0.421. The molecule has 1 aliphatic carbocycles. The Morgan fingerprint density at radius 3 is 2.77 bits per heavy atom. The summed E-state index contributed by atoms with van der Waals surface area (Å²) in [6.07, 6.45) is 3.46. The van der Waals surface area contributed by atoms with E-state index in [1.807, 2.05) is 25.1 Å². The Labute approximate surface area is 155 Å². The van der Waals surface area contributed by atoms with Crippen molar-refractivity contribution in [2.45, 2.75) is 38.6 Å². The third kappa shape index (κ3) is 2.51. The van der Waals surface area contributed by atoms with Crippen molar-refractivity contribution in [2.75, 3.05) is 6.79 Å². The minimum Gasteiger partial charge on any atom is -0.454 e. The number of nitrogens with zero attached hydrogens (tertiary/aromatic N) is 3. The highest BCUT2D eigenvalue weighted by atomic mass is 35.5. The second kappa shape index (κ2) is 5.84. The van der Waals surface area contributed by atoms with Gasteiger partial charge in [-0.05, 0) is 30.9 Å². The summed E-state index contributed by atoms with van der Waals surface area (Å²) in [5.41, 5.74) is 2.69. The quantitative estimate of drug-likeness (QED) is 0.763. The molecule has 3 heterocycles. The van der Waals surface area contributed by atoms with E-state index in [0.717, 1.165) is 41.4 Å². The summed E-state index contributed by atoms with van der Waals surface area (Å²) in [5, 5.41) is 7.55. The summed E-state index contributed by atoms with van der Waals surface area (Å²) >= 11 is 6.52. The van der Waals surface area contributed by atoms with Gasteiger partial charge in [0.25, 0.3) is 0 Å². The van der Waals surface area contributed by atoms with Gasteiger partial charge >= 0.3 is 0 Å². The number of hydrogen-bond donors (Lipinski definition) is 0. The third-order valence-electron chi connectivity index (χ3n) is 5.19. The van der Waals surface area contributed by atoms with Crippen LogP contribution in [-0.4, -0.2) is 28.4 Å². The van der Waals surface area contributed by atoms with Crippen LogP contribution in [0.2, 0.25) is 5.15 Å². The smallest absolute Gasteiger partial charge is 0.242 e. The van der Waals surface area contributed by atoms with Gasteiger partial charge in [-0.1, -0.05) is 18.5 Å². The monoisotopic (exact) mass is 371 g/mol. The molecule has 7 heteroatoms. The Kier molecular flexibility index (Phi) is 3.57. The first-order valence-electron chi connectivity index (χ1n) is 8.93. The molecule has 1 aromatic carbocycles. The van der Waals surface area contributed by atoms with Crippen molar-refractivity contribution in [1.82, 2.24) is 9.99 Å². The second-order valence-corrected chi connectivity index (χ2v) is 7.30. The number of rotatable bonds is 3. The molecule has 2 aromatic rings. The standard InChI is InChI=1S/C19H18ClN3O3/c1-2-18(24)23-15(7-14(22-23)10-3-4-10)12-5-11-6-16-17(26-9-25-16)8-13(11)21-19(12)20/h5-6,8,10,15H,2-4,7,9H2,1H3/t15-/m1/s1. The molecule has 0 radical (unpaired) electrons. The number of aromatic nitrogens is 1. The Bertz CT molecular complexity index is 955. The lowest BCUT2D eigenvalue weighted by molar-refractivity contribution is -0.132. The van der Waals surface area contributed by atoms with Crippen molar-refractivity contribution in [3.63, 3.8) is 0 Å². The summed E-state index contributed by atoms with van der Waals surface area (Å²) in [4.78, 5) is 17.0. The van der Waals surface area contributed by atoms with Crippen LogP contribution in [0, 0.1) is 5.92 Å². The third-order valence-corrected chi connectivity index (χ3v) is 5.49. The highest BCUT2D eigenvalue weighted by Gasteiger charge is 2.39. The molecule has 1 amide bonds. The van der Waals surface area contributed by atoms with E-state index in [0.29, 0.717) is 29.0 Å². The van der Waals surface area contributed by atoms with E-state index < -0.39 is 0 Å². The van der Waals surface area contributed by atoms with Crippen LogP contribution in [-0.2, 0) is 4.79 Å². The maximum atomic E-state index is 12.4. The molecule has 1 fully saturated rings. The van der Waals surface area contributed by atoms with E-state index in [9.17, 15) is 4.79 Å². The number of benzene rings is 1. The SMILES string of the molecule is CCC(=O)N1N=C(C2CC2)C[C@@H]1c1cc2cc3c(cc2nc1Cl)OCO3. The van der Waals surface area contributed by atoms with Crippen LogP contribution in [0.15, 0.2) is 23.3 Å². The van der Waals surface area contributed by atoms with Crippen molar-refractivity contribution in [3.05, 3.63) is 28.9 Å². The van der Waals surface area contributed by atoms with Gasteiger partial charge in [0.15, 0.2) is 11.5 Å². The van der Waals surface area contributed by atoms with Gasteiger partial charge in [-0.25, -0.2) is 9.99 Å². The molecule has 0 unspecified atom stereocenters. The molecule has 26 heavy (non-hydrogen) atoms. The Morgan fingerprint density at radius 2 is 2.04 bits per heavy atom. The average Bonchev–Trinajstić information content (AvgIpc) is 3.23. The fourth-order valence-electron chi connectivity index (χ4n) is 3.62. The highest BCUT2D eigenvalue weighted by molar-refractivity contribution is 6.30. The summed E-state index contributed by atoms with van der Waals surface area (Å²) < 4.78 is 10.9. The minimum absolute atomic E-state index is 0.00694. The first-order valence-corrected chi connectivity index (χ1v) is 9.31. The minimum atomic E-state index is -0.187. The van der Waals surface area contributed by atoms with E-state index in [1.54, 1.807) is 5.01 Å². The van der Waals surface area contributed by atoms with Crippen LogP contribution in [0.1, 0.15) is 44.2 Å². The van der Waals surface area contributed by atoms with Gasteiger partial charge in [-0.2, -0.15) is 5.10 Å². The van der Waals surface area contributed by atoms with Crippen LogP contribution in [0.4, 0.5) is 0 Å².